The lowest BCUT2D eigenvalue weighted by molar-refractivity contribution is 0.350. The van der Waals surface area contributed by atoms with E-state index in [1.165, 1.54) is 5.82 Å². The van der Waals surface area contributed by atoms with Gasteiger partial charge in [-0.2, -0.15) is 5.10 Å². The summed E-state index contributed by atoms with van der Waals surface area (Å²) in [6.07, 6.45) is 4.97. The molecule has 1 saturated heterocycles. The Hall–Kier alpha value is -1.91. The van der Waals surface area contributed by atoms with E-state index in [1.807, 2.05) is 6.20 Å². The fourth-order valence-corrected chi connectivity index (χ4v) is 2.87. The van der Waals surface area contributed by atoms with Crippen molar-refractivity contribution in [2.24, 2.45) is 5.92 Å². The Morgan fingerprint density at radius 1 is 1.18 bits per heavy atom. The number of rotatable bonds is 4. The molecule has 22 heavy (non-hydrogen) atoms. The molecule has 1 aliphatic heterocycles. The maximum atomic E-state index is 4.39. The molecular weight excluding hydrogens is 274 g/mol. The van der Waals surface area contributed by atoms with Crippen molar-refractivity contribution >= 4 is 5.82 Å². The number of aromatic nitrogens is 4. The Kier molecular flexibility index (Phi) is 3.89. The summed E-state index contributed by atoms with van der Waals surface area (Å²) in [7, 11) is 0. The molecule has 0 unspecified atom stereocenters. The average molecular weight is 299 g/mol. The van der Waals surface area contributed by atoms with Crippen molar-refractivity contribution < 1.29 is 0 Å². The number of imidazole rings is 1. The zero-order chi connectivity index (χ0) is 15.7. The fraction of sp³-hybridized carbons (Fsp3) is 0.588. The van der Waals surface area contributed by atoms with Crippen molar-refractivity contribution in [2.75, 3.05) is 18.0 Å². The van der Waals surface area contributed by atoms with E-state index in [0.29, 0.717) is 5.92 Å². The van der Waals surface area contributed by atoms with Crippen molar-refractivity contribution in [3.05, 3.63) is 36.0 Å². The minimum absolute atomic E-state index is 0.0565. The van der Waals surface area contributed by atoms with E-state index >= 15 is 0 Å². The quantitative estimate of drug-likeness (QED) is 0.871. The van der Waals surface area contributed by atoms with E-state index < -0.39 is 0 Å². The smallest absolute Gasteiger partial charge is 0.151 e. The van der Waals surface area contributed by atoms with Gasteiger partial charge in [0.15, 0.2) is 5.82 Å². The van der Waals surface area contributed by atoms with E-state index in [0.717, 1.165) is 37.6 Å². The van der Waals surface area contributed by atoms with Gasteiger partial charge in [-0.25, -0.2) is 4.98 Å². The van der Waals surface area contributed by atoms with E-state index in [2.05, 4.69) is 70.7 Å². The summed E-state index contributed by atoms with van der Waals surface area (Å²) >= 11 is 0. The van der Waals surface area contributed by atoms with Gasteiger partial charge in [0.05, 0.1) is 5.69 Å². The normalized spacial score (nSPS) is 15.9. The summed E-state index contributed by atoms with van der Waals surface area (Å²) in [6.45, 7) is 11.8. The van der Waals surface area contributed by atoms with Crippen LogP contribution in [-0.4, -0.2) is 32.8 Å². The highest BCUT2D eigenvalue weighted by Crippen LogP contribution is 2.26. The number of hydrogen-bond donors (Lipinski definition) is 0. The molecule has 0 saturated carbocycles. The second-order valence-corrected chi connectivity index (χ2v) is 7.15. The molecule has 0 amide bonds. The van der Waals surface area contributed by atoms with Gasteiger partial charge in [-0.15, -0.1) is 5.10 Å². The van der Waals surface area contributed by atoms with Gasteiger partial charge in [0.25, 0.3) is 0 Å². The van der Waals surface area contributed by atoms with Gasteiger partial charge in [-0.05, 0) is 12.1 Å². The lowest BCUT2D eigenvalue weighted by atomic mass is 9.92. The van der Waals surface area contributed by atoms with Crippen molar-refractivity contribution in [3.63, 3.8) is 0 Å². The maximum absolute atomic E-state index is 4.39. The maximum Gasteiger partial charge on any atom is 0.151 e. The summed E-state index contributed by atoms with van der Waals surface area (Å²) in [5.74, 6) is 2.84. The molecule has 0 aliphatic carbocycles. The zero-order valence-corrected chi connectivity index (χ0v) is 14.0. The van der Waals surface area contributed by atoms with Gasteiger partial charge < -0.3 is 9.47 Å². The Balaban J connectivity index is 1.57. The first-order valence-electron chi connectivity index (χ1n) is 8.06. The molecule has 0 bridgehead atoms. The molecule has 0 N–H and O–H groups in total. The van der Waals surface area contributed by atoms with Gasteiger partial charge in [-0.1, -0.05) is 27.7 Å². The van der Waals surface area contributed by atoms with Crippen molar-refractivity contribution in [1.82, 2.24) is 19.7 Å². The van der Waals surface area contributed by atoms with E-state index in [-0.39, 0.29) is 5.41 Å². The van der Waals surface area contributed by atoms with Gasteiger partial charge in [0.1, 0.15) is 5.82 Å². The summed E-state index contributed by atoms with van der Waals surface area (Å²) in [4.78, 5) is 6.68. The van der Waals surface area contributed by atoms with Crippen LogP contribution in [0.3, 0.4) is 0 Å². The van der Waals surface area contributed by atoms with Crippen molar-refractivity contribution in [2.45, 2.75) is 46.1 Å². The minimum Gasteiger partial charge on any atom is -0.354 e. The first-order chi connectivity index (χ1) is 10.5. The molecule has 0 radical (unpaired) electrons. The van der Waals surface area contributed by atoms with Crippen LogP contribution >= 0.6 is 0 Å². The van der Waals surface area contributed by atoms with Crippen LogP contribution in [-0.2, 0) is 18.4 Å². The van der Waals surface area contributed by atoms with Crippen LogP contribution in [0.2, 0.25) is 0 Å². The van der Waals surface area contributed by atoms with E-state index in [4.69, 9.17) is 0 Å². The van der Waals surface area contributed by atoms with Gasteiger partial charge in [0, 0.05) is 49.8 Å². The van der Waals surface area contributed by atoms with Gasteiger partial charge >= 0.3 is 0 Å². The molecule has 1 aliphatic rings. The van der Waals surface area contributed by atoms with E-state index in [1.54, 1.807) is 0 Å². The lowest BCUT2D eigenvalue weighted by Gasteiger charge is -2.40. The van der Waals surface area contributed by atoms with Crippen LogP contribution in [0.4, 0.5) is 5.82 Å². The molecule has 0 atom stereocenters. The number of nitrogens with zero attached hydrogens (tertiary/aromatic N) is 5. The Bertz CT molecular complexity index is 617. The Morgan fingerprint density at radius 3 is 2.55 bits per heavy atom. The molecule has 3 rings (SSSR count). The topological polar surface area (TPSA) is 46.8 Å². The molecule has 118 valence electrons. The molecule has 2 aromatic heterocycles. The van der Waals surface area contributed by atoms with Crippen molar-refractivity contribution in [3.8, 4) is 0 Å². The van der Waals surface area contributed by atoms with E-state index in [9.17, 15) is 0 Å². The number of aryl methyl sites for hydroxylation is 1. The molecule has 0 aromatic carbocycles. The third kappa shape index (κ3) is 2.98. The zero-order valence-electron chi connectivity index (χ0n) is 14.0. The van der Waals surface area contributed by atoms with Crippen LogP contribution in [0.15, 0.2) is 24.5 Å². The summed E-state index contributed by atoms with van der Waals surface area (Å²) < 4.78 is 2.27. The highest BCUT2D eigenvalue weighted by atomic mass is 15.3. The van der Waals surface area contributed by atoms with Gasteiger partial charge in [0.2, 0.25) is 0 Å². The highest BCUT2D eigenvalue weighted by Gasteiger charge is 2.29. The molecule has 5 heteroatoms. The third-order valence-corrected chi connectivity index (χ3v) is 4.27. The predicted molar refractivity (Wildman–Crippen MR) is 88.0 cm³/mol. The van der Waals surface area contributed by atoms with Crippen LogP contribution in [0, 0.1) is 5.92 Å². The molecule has 0 spiro atoms. The van der Waals surface area contributed by atoms with Crippen molar-refractivity contribution in [1.29, 1.82) is 0 Å². The monoisotopic (exact) mass is 299 g/mol. The molecule has 1 fully saturated rings. The summed E-state index contributed by atoms with van der Waals surface area (Å²) in [5.41, 5.74) is 1.10. The molecule has 2 aromatic rings. The highest BCUT2D eigenvalue weighted by molar-refractivity contribution is 5.41. The van der Waals surface area contributed by atoms with Crippen LogP contribution < -0.4 is 4.90 Å². The molecule has 5 nitrogen and oxygen atoms in total. The second kappa shape index (κ2) is 5.71. The first kappa shape index (κ1) is 15.0. The average Bonchev–Trinajstić information content (AvgIpc) is 2.89. The lowest BCUT2D eigenvalue weighted by Crippen LogP contribution is -2.49. The Labute approximate surface area is 132 Å². The predicted octanol–water partition coefficient (Wildman–Crippen LogP) is 2.67. The largest absolute Gasteiger partial charge is 0.354 e. The second-order valence-electron chi connectivity index (χ2n) is 7.15. The molecule has 3 heterocycles. The number of hydrogen-bond acceptors (Lipinski definition) is 4. The standard InChI is InChI=1S/C17H25N5/c1-5-15-18-8-9-21(15)10-13-11-22(12-13)16-7-6-14(19-20-16)17(2,3)4/h6-9,13H,5,10-12H2,1-4H3. The first-order valence-corrected chi connectivity index (χ1v) is 8.06. The minimum atomic E-state index is 0.0565. The van der Waals surface area contributed by atoms with Crippen LogP contribution in [0.5, 0.6) is 0 Å². The number of anilines is 1. The fourth-order valence-electron chi connectivity index (χ4n) is 2.87. The van der Waals surface area contributed by atoms with Crippen LogP contribution in [0.1, 0.15) is 39.2 Å². The Morgan fingerprint density at radius 2 is 1.95 bits per heavy atom. The summed E-state index contributed by atoms with van der Waals surface area (Å²) in [6, 6.07) is 4.19. The third-order valence-electron chi connectivity index (χ3n) is 4.27. The summed E-state index contributed by atoms with van der Waals surface area (Å²) in [5, 5.41) is 8.76. The SMILES string of the molecule is CCc1nccn1CC1CN(c2ccc(C(C)(C)C)nn2)C1. The van der Waals surface area contributed by atoms with Crippen LogP contribution in [0.25, 0.3) is 0 Å². The molecular formula is C17H25N5. The van der Waals surface area contributed by atoms with Gasteiger partial charge in [-0.3, -0.25) is 0 Å².